The Morgan fingerprint density at radius 3 is 2.37 bits per heavy atom. The first kappa shape index (κ1) is 27.7. The topological polar surface area (TPSA) is 129 Å². The average Bonchev–Trinajstić information content (AvgIpc) is 2.91. The summed E-state index contributed by atoms with van der Waals surface area (Å²) in [5, 5.41) is 6.07. The molecule has 0 radical (unpaired) electrons. The van der Waals surface area contributed by atoms with Crippen molar-refractivity contribution in [2.75, 3.05) is 58.2 Å². The van der Waals surface area contributed by atoms with Crippen molar-refractivity contribution in [3.63, 3.8) is 0 Å². The van der Waals surface area contributed by atoms with E-state index in [-0.39, 0.29) is 17.8 Å². The lowest BCUT2D eigenvalue weighted by molar-refractivity contribution is -0.137. The zero-order valence-electron chi connectivity index (χ0n) is 22.7. The van der Waals surface area contributed by atoms with Crippen molar-refractivity contribution in [2.45, 2.75) is 44.7 Å². The molecule has 4 N–H and O–H groups in total. The van der Waals surface area contributed by atoms with Gasteiger partial charge in [0.2, 0.25) is 5.91 Å². The van der Waals surface area contributed by atoms with Crippen LogP contribution >= 0.6 is 0 Å². The fourth-order valence-corrected chi connectivity index (χ4v) is 4.97. The first-order valence-electron chi connectivity index (χ1n) is 13.4. The number of hydrogen-bond acceptors (Lipinski definition) is 7. The second-order valence-corrected chi connectivity index (χ2v) is 10.7. The van der Waals surface area contributed by atoms with Gasteiger partial charge in [0.1, 0.15) is 5.82 Å². The molecule has 0 atom stereocenters. The highest BCUT2D eigenvalue weighted by Crippen LogP contribution is 2.14. The van der Waals surface area contributed by atoms with Crippen LogP contribution in [0.2, 0.25) is 0 Å². The summed E-state index contributed by atoms with van der Waals surface area (Å²) in [6, 6.07) is 9.82. The van der Waals surface area contributed by atoms with Crippen LogP contribution in [0.1, 0.15) is 32.3 Å². The van der Waals surface area contributed by atoms with E-state index in [1.165, 1.54) is 17.4 Å². The number of amides is 3. The standard InChI is InChI=1S/C27H40N8O3/c1-27(2,28)24(36)33-15-17-34(18-16-33)25(37)30-23-10-14-35(26(38)31-23)22-6-4-5-20(19-22)7-11-32-12-8-21(29-3)9-13-32/h4-6,10,14,19,21,29H,7-9,11-13,15-18,28H2,1-3H3,(H,30,31,37,38). The summed E-state index contributed by atoms with van der Waals surface area (Å²) >= 11 is 0. The molecule has 4 rings (SSSR count). The molecule has 2 saturated heterocycles. The van der Waals surface area contributed by atoms with Crippen LogP contribution < -0.4 is 22.1 Å². The molecule has 2 fully saturated rings. The van der Waals surface area contributed by atoms with E-state index in [1.54, 1.807) is 35.9 Å². The number of carbonyl (C=O) groups is 2. The number of urea groups is 1. The molecule has 2 aliphatic heterocycles. The predicted molar refractivity (Wildman–Crippen MR) is 147 cm³/mol. The molecule has 206 valence electrons. The van der Waals surface area contributed by atoms with E-state index < -0.39 is 11.2 Å². The minimum atomic E-state index is -0.943. The summed E-state index contributed by atoms with van der Waals surface area (Å²) in [5.41, 5.74) is 6.41. The second-order valence-electron chi connectivity index (χ2n) is 10.7. The molecular weight excluding hydrogens is 484 g/mol. The van der Waals surface area contributed by atoms with E-state index in [2.05, 4.69) is 26.6 Å². The van der Waals surface area contributed by atoms with Crippen molar-refractivity contribution in [3.8, 4) is 5.69 Å². The Morgan fingerprint density at radius 1 is 1.05 bits per heavy atom. The van der Waals surface area contributed by atoms with Gasteiger partial charge in [-0.3, -0.25) is 14.7 Å². The van der Waals surface area contributed by atoms with E-state index in [0.29, 0.717) is 32.2 Å². The molecule has 0 spiro atoms. The number of nitrogens with zero attached hydrogens (tertiary/aromatic N) is 5. The van der Waals surface area contributed by atoms with Crippen LogP contribution in [-0.2, 0) is 11.2 Å². The number of anilines is 1. The molecule has 2 aliphatic rings. The fraction of sp³-hybridized carbons (Fsp3) is 0.556. The Labute approximate surface area is 224 Å². The smallest absolute Gasteiger partial charge is 0.338 e. The van der Waals surface area contributed by atoms with Gasteiger partial charge < -0.3 is 25.8 Å². The lowest BCUT2D eigenvalue weighted by Crippen LogP contribution is -2.58. The fourth-order valence-electron chi connectivity index (χ4n) is 4.97. The summed E-state index contributed by atoms with van der Waals surface area (Å²) in [4.78, 5) is 47.7. The molecule has 0 unspecified atom stereocenters. The Kier molecular flexibility index (Phi) is 8.80. The SMILES string of the molecule is CNC1CCN(CCc2cccc(-n3ccc(NC(=O)N4CCN(C(=O)C(C)(C)N)CC4)nc3=O)c2)CC1. The minimum Gasteiger partial charge on any atom is -0.338 e. The highest BCUT2D eigenvalue weighted by atomic mass is 16.2. The van der Waals surface area contributed by atoms with Crippen LogP contribution in [0.4, 0.5) is 10.6 Å². The number of aromatic nitrogens is 2. The first-order chi connectivity index (χ1) is 18.1. The van der Waals surface area contributed by atoms with Gasteiger partial charge in [-0.05, 0) is 77.0 Å². The van der Waals surface area contributed by atoms with Crippen molar-refractivity contribution >= 4 is 17.8 Å². The largest absolute Gasteiger partial charge is 0.354 e. The number of carbonyl (C=O) groups excluding carboxylic acids is 2. The van der Waals surface area contributed by atoms with Crippen LogP contribution in [0.5, 0.6) is 0 Å². The van der Waals surface area contributed by atoms with Gasteiger partial charge >= 0.3 is 11.7 Å². The summed E-state index contributed by atoms with van der Waals surface area (Å²) < 4.78 is 1.48. The van der Waals surface area contributed by atoms with Crippen molar-refractivity contribution in [2.24, 2.45) is 5.73 Å². The van der Waals surface area contributed by atoms with Gasteiger partial charge in [-0.25, -0.2) is 9.59 Å². The van der Waals surface area contributed by atoms with Gasteiger partial charge in [0, 0.05) is 45.0 Å². The van der Waals surface area contributed by atoms with Crippen LogP contribution in [0.15, 0.2) is 41.3 Å². The average molecular weight is 525 g/mol. The predicted octanol–water partition coefficient (Wildman–Crippen LogP) is 0.872. The molecular formula is C27H40N8O3. The molecule has 38 heavy (non-hydrogen) atoms. The number of nitrogens with one attached hydrogen (secondary N) is 2. The number of piperidine rings is 1. The zero-order valence-corrected chi connectivity index (χ0v) is 22.7. The van der Waals surface area contributed by atoms with Crippen molar-refractivity contribution < 1.29 is 9.59 Å². The van der Waals surface area contributed by atoms with E-state index >= 15 is 0 Å². The maximum Gasteiger partial charge on any atom is 0.354 e. The monoisotopic (exact) mass is 524 g/mol. The van der Waals surface area contributed by atoms with E-state index in [1.807, 2.05) is 25.2 Å². The quantitative estimate of drug-likeness (QED) is 0.490. The molecule has 11 nitrogen and oxygen atoms in total. The van der Waals surface area contributed by atoms with Crippen LogP contribution in [0.25, 0.3) is 5.69 Å². The van der Waals surface area contributed by atoms with Crippen LogP contribution in [0, 0.1) is 0 Å². The van der Waals surface area contributed by atoms with Crippen molar-refractivity contribution in [1.29, 1.82) is 0 Å². The van der Waals surface area contributed by atoms with Gasteiger partial charge in [-0.2, -0.15) is 4.98 Å². The zero-order chi connectivity index (χ0) is 27.3. The van der Waals surface area contributed by atoms with Crippen LogP contribution in [-0.4, -0.2) is 101 Å². The normalized spacial score (nSPS) is 17.5. The van der Waals surface area contributed by atoms with Gasteiger partial charge in [0.05, 0.1) is 11.2 Å². The summed E-state index contributed by atoms with van der Waals surface area (Å²) in [5.74, 6) is 0.0556. The number of piperazine rings is 1. The van der Waals surface area contributed by atoms with E-state index in [9.17, 15) is 14.4 Å². The highest BCUT2D eigenvalue weighted by Gasteiger charge is 2.31. The Morgan fingerprint density at radius 2 is 1.74 bits per heavy atom. The lowest BCUT2D eigenvalue weighted by Gasteiger charge is -2.37. The minimum absolute atomic E-state index is 0.138. The summed E-state index contributed by atoms with van der Waals surface area (Å²) in [6.07, 6.45) is 4.88. The molecule has 3 heterocycles. The van der Waals surface area contributed by atoms with Gasteiger partial charge in [-0.1, -0.05) is 12.1 Å². The van der Waals surface area contributed by atoms with Crippen molar-refractivity contribution in [1.82, 2.24) is 29.6 Å². The third-order valence-electron chi connectivity index (χ3n) is 7.35. The number of rotatable bonds is 7. The maximum atomic E-state index is 12.8. The van der Waals surface area contributed by atoms with Gasteiger partial charge in [0.15, 0.2) is 0 Å². The van der Waals surface area contributed by atoms with E-state index in [4.69, 9.17) is 5.73 Å². The van der Waals surface area contributed by atoms with Crippen LogP contribution in [0.3, 0.4) is 0 Å². The molecule has 0 saturated carbocycles. The lowest BCUT2D eigenvalue weighted by atomic mass is 10.0. The molecule has 1 aromatic heterocycles. The molecule has 3 amide bonds. The number of likely N-dealkylation sites (tertiary alicyclic amines) is 1. The molecule has 2 aromatic rings. The maximum absolute atomic E-state index is 12.8. The molecule has 0 aliphatic carbocycles. The molecule has 1 aromatic carbocycles. The number of hydrogen-bond donors (Lipinski definition) is 3. The first-order valence-corrected chi connectivity index (χ1v) is 13.4. The third-order valence-corrected chi connectivity index (χ3v) is 7.35. The second kappa shape index (κ2) is 12.1. The summed E-state index contributed by atoms with van der Waals surface area (Å²) in [6.45, 7) is 8.11. The number of nitrogens with two attached hydrogens (primary N) is 1. The van der Waals surface area contributed by atoms with E-state index in [0.717, 1.165) is 37.3 Å². The third kappa shape index (κ3) is 6.97. The molecule has 11 heteroatoms. The highest BCUT2D eigenvalue weighted by molar-refractivity contribution is 5.89. The summed E-state index contributed by atoms with van der Waals surface area (Å²) in [7, 11) is 2.03. The van der Waals surface area contributed by atoms with Gasteiger partial charge in [-0.15, -0.1) is 0 Å². The van der Waals surface area contributed by atoms with Crippen molar-refractivity contribution in [3.05, 3.63) is 52.6 Å². The Hall–Kier alpha value is -3.28. The Bertz CT molecular complexity index is 1180. The molecule has 0 bridgehead atoms. The Balaban J connectivity index is 1.32. The van der Waals surface area contributed by atoms with Gasteiger partial charge in [0.25, 0.3) is 0 Å². The number of benzene rings is 1.